The number of carbonyl (C=O) groups excluding carboxylic acids is 2. The zero-order valence-corrected chi connectivity index (χ0v) is 13.3. The van der Waals surface area contributed by atoms with Gasteiger partial charge in [0.15, 0.2) is 0 Å². The number of hydrogen-bond donors (Lipinski definition) is 0. The molecule has 1 aromatic rings. The average Bonchev–Trinajstić information content (AvgIpc) is 2.49. The number of ether oxygens (including phenoxy) is 1. The molecule has 0 bridgehead atoms. The summed E-state index contributed by atoms with van der Waals surface area (Å²) in [6.45, 7) is 4.34. The number of hydrogen-bond acceptors (Lipinski definition) is 4. The molecule has 3 rings (SSSR count). The fourth-order valence-corrected chi connectivity index (χ4v) is 3.71. The zero-order chi connectivity index (χ0) is 15.9. The molecule has 1 saturated carbocycles. The first-order valence-electron chi connectivity index (χ1n) is 7.77. The molecule has 2 heterocycles. The van der Waals surface area contributed by atoms with Crippen molar-refractivity contribution in [1.29, 1.82) is 0 Å². The van der Waals surface area contributed by atoms with E-state index in [0.29, 0.717) is 6.42 Å². The van der Waals surface area contributed by atoms with Crippen molar-refractivity contribution in [1.82, 2.24) is 4.98 Å². The first kappa shape index (κ1) is 15.0. The maximum absolute atomic E-state index is 13.0. The van der Waals surface area contributed by atoms with Crippen LogP contribution in [-0.2, 0) is 20.7 Å². The van der Waals surface area contributed by atoms with Crippen molar-refractivity contribution < 1.29 is 14.3 Å². The monoisotopic (exact) mass is 302 g/mol. The number of fused-ring (bicyclic) bond motifs is 1. The van der Waals surface area contributed by atoms with Gasteiger partial charge in [-0.15, -0.1) is 0 Å². The standard InChI is InChI=1S/C17H22N2O3/c1-17(2)8-12(9-17)15(20)19-13-6-7-18-10-11(13)4-5-14(19)16(21)22-3/h6-7,10,12,14H,4-5,8-9H2,1-3H3. The van der Waals surface area contributed by atoms with E-state index in [1.165, 1.54) is 7.11 Å². The summed E-state index contributed by atoms with van der Waals surface area (Å²) < 4.78 is 4.91. The second kappa shape index (κ2) is 5.38. The molecule has 0 saturated heterocycles. The van der Waals surface area contributed by atoms with Gasteiger partial charge in [-0.2, -0.15) is 0 Å². The van der Waals surface area contributed by atoms with E-state index in [0.717, 1.165) is 30.5 Å². The van der Waals surface area contributed by atoms with E-state index in [9.17, 15) is 9.59 Å². The molecule has 0 spiro atoms. The summed E-state index contributed by atoms with van der Waals surface area (Å²) in [5, 5.41) is 0. The summed E-state index contributed by atoms with van der Waals surface area (Å²) in [6.07, 6.45) is 6.53. The van der Waals surface area contributed by atoms with E-state index < -0.39 is 6.04 Å². The van der Waals surface area contributed by atoms with Gasteiger partial charge in [-0.3, -0.25) is 14.7 Å². The lowest BCUT2D eigenvalue weighted by Gasteiger charge is -2.45. The number of rotatable bonds is 2. The molecule has 5 nitrogen and oxygen atoms in total. The third-order valence-corrected chi connectivity index (χ3v) is 4.79. The molecule has 1 aliphatic heterocycles. The van der Waals surface area contributed by atoms with Crippen LogP contribution in [0.25, 0.3) is 0 Å². The Balaban J connectivity index is 1.92. The lowest BCUT2D eigenvalue weighted by atomic mass is 9.64. The van der Waals surface area contributed by atoms with Crippen molar-refractivity contribution in [2.24, 2.45) is 11.3 Å². The van der Waals surface area contributed by atoms with Crippen LogP contribution in [-0.4, -0.2) is 30.0 Å². The second-order valence-corrected chi connectivity index (χ2v) is 7.06. The van der Waals surface area contributed by atoms with E-state index in [1.807, 2.05) is 6.07 Å². The Kier molecular flexibility index (Phi) is 3.67. The Hall–Kier alpha value is -1.91. The SMILES string of the molecule is COC(=O)C1CCc2cnccc2N1C(=O)C1CC(C)(C)C1. The second-order valence-electron chi connectivity index (χ2n) is 7.06. The fraction of sp³-hybridized carbons (Fsp3) is 0.588. The summed E-state index contributed by atoms with van der Waals surface area (Å²) in [7, 11) is 1.37. The lowest BCUT2D eigenvalue weighted by molar-refractivity contribution is -0.145. The van der Waals surface area contributed by atoms with Crippen LogP contribution in [0.2, 0.25) is 0 Å². The van der Waals surface area contributed by atoms with Crippen molar-refractivity contribution in [3.63, 3.8) is 0 Å². The maximum atomic E-state index is 13.0. The Morgan fingerprint density at radius 2 is 2.09 bits per heavy atom. The molecule has 1 unspecified atom stereocenters. The van der Waals surface area contributed by atoms with Crippen LogP contribution in [0.15, 0.2) is 18.5 Å². The summed E-state index contributed by atoms with van der Waals surface area (Å²) >= 11 is 0. The number of nitrogens with zero attached hydrogens (tertiary/aromatic N) is 2. The highest BCUT2D eigenvalue weighted by molar-refractivity contribution is 6.02. The fourth-order valence-electron chi connectivity index (χ4n) is 3.71. The molecule has 1 atom stereocenters. The molecular formula is C17H22N2O3. The minimum Gasteiger partial charge on any atom is -0.467 e. The highest BCUT2D eigenvalue weighted by Gasteiger charge is 2.46. The third kappa shape index (κ3) is 2.49. The quantitative estimate of drug-likeness (QED) is 0.787. The Labute approximate surface area is 130 Å². The van der Waals surface area contributed by atoms with Crippen LogP contribution in [0, 0.1) is 11.3 Å². The molecule has 1 fully saturated rings. The predicted molar refractivity (Wildman–Crippen MR) is 82.4 cm³/mol. The van der Waals surface area contributed by atoms with Crippen LogP contribution in [0.1, 0.15) is 38.7 Å². The van der Waals surface area contributed by atoms with Crippen LogP contribution in [0.5, 0.6) is 0 Å². The predicted octanol–water partition coefficient (Wildman–Crippen LogP) is 2.34. The highest BCUT2D eigenvalue weighted by Crippen LogP contribution is 2.46. The first-order valence-corrected chi connectivity index (χ1v) is 7.77. The van der Waals surface area contributed by atoms with Gasteiger partial charge in [0.25, 0.3) is 0 Å². The minimum absolute atomic E-state index is 0.00118. The van der Waals surface area contributed by atoms with Crippen LogP contribution < -0.4 is 4.90 Å². The number of amides is 1. The zero-order valence-electron chi connectivity index (χ0n) is 13.3. The largest absolute Gasteiger partial charge is 0.467 e. The van der Waals surface area contributed by atoms with Gasteiger partial charge in [0, 0.05) is 18.3 Å². The molecule has 118 valence electrons. The summed E-state index contributed by atoms with van der Waals surface area (Å²) in [6, 6.07) is 1.31. The van der Waals surface area contributed by atoms with Crippen molar-refractivity contribution in [2.45, 2.75) is 45.6 Å². The number of esters is 1. The lowest BCUT2D eigenvalue weighted by Crippen LogP contribution is -2.53. The van der Waals surface area contributed by atoms with Gasteiger partial charge in [0.2, 0.25) is 5.91 Å². The molecule has 1 aliphatic carbocycles. The molecular weight excluding hydrogens is 280 g/mol. The maximum Gasteiger partial charge on any atom is 0.328 e. The summed E-state index contributed by atoms with van der Waals surface area (Å²) in [4.78, 5) is 30.9. The van der Waals surface area contributed by atoms with Gasteiger partial charge in [0.1, 0.15) is 6.04 Å². The average molecular weight is 302 g/mol. The van der Waals surface area contributed by atoms with Gasteiger partial charge < -0.3 is 4.74 Å². The minimum atomic E-state index is -0.517. The van der Waals surface area contributed by atoms with Crippen LogP contribution in [0.4, 0.5) is 5.69 Å². The van der Waals surface area contributed by atoms with E-state index >= 15 is 0 Å². The number of carbonyl (C=O) groups is 2. The number of aryl methyl sites for hydroxylation is 1. The van der Waals surface area contributed by atoms with Crippen molar-refractivity contribution in [3.05, 3.63) is 24.0 Å². The molecule has 1 aromatic heterocycles. The van der Waals surface area contributed by atoms with E-state index in [1.54, 1.807) is 17.3 Å². The Bertz CT molecular complexity index is 604. The van der Waals surface area contributed by atoms with Crippen LogP contribution in [0.3, 0.4) is 0 Å². The van der Waals surface area contributed by atoms with Gasteiger partial charge in [-0.05, 0) is 42.7 Å². The van der Waals surface area contributed by atoms with Crippen molar-refractivity contribution in [3.8, 4) is 0 Å². The topological polar surface area (TPSA) is 59.5 Å². The molecule has 1 amide bonds. The highest BCUT2D eigenvalue weighted by atomic mass is 16.5. The molecule has 5 heteroatoms. The van der Waals surface area contributed by atoms with Gasteiger partial charge in [-0.1, -0.05) is 13.8 Å². The number of pyridine rings is 1. The van der Waals surface area contributed by atoms with E-state index in [4.69, 9.17) is 4.74 Å². The number of aromatic nitrogens is 1. The molecule has 0 aromatic carbocycles. The smallest absolute Gasteiger partial charge is 0.328 e. The Morgan fingerprint density at radius 1 is 1.36 bits per heavy atom. The number of methoxy groups -OCH3 is 1. The van der Waals surface area contributed by atoms with Gasteiger partial charge in [0.05, 0.1) is 12.8 Å². The Morgan fingerprint density at radius 3 is 2.73 bits per heavy atom. The molecule has 2 aliphatic rings. The number of anilines is 1. The normalized spacial score (nSPS) is 23.4. The van der Waals surface area contributed by atoms with E-state index in [2.05, 4.69) is 18.8 Å². The van der Waals surface area contributed by atoms with Crippen molar-refractivity contribution >= 4 is 17.6 Å². The molecule has 22 heavy (non-hydrogen) atoms. The van der Waals surface area contributed by atoms with E-state index in [-0.39, 0.29) is 23.2 Å². The van der Waals surface area contributed by atoms with Gasteiger partial charge in [-0.25, -0.2) is 4.79 Å². The third-order valence-electron chi connectivity index (χ3n) is 4.79. The van der Waals surface area contributed by atoms with Gasteiger partial charge >= 0.3 is 5.97 Å². The summed E-state index contributed by atoms with van der Waals surface area (Å²) in [5.74, 6) is -0.294. The van der Waals surface area contributed by atoms with Crippen LogP contribution >= 0.6 is 0 Å². The van der Waals surface area contributed by atoms with Crippen molar-refractivity contribution in [2.75, 3.05) is 12.0 Å². The summed E-state index contributed by atoms with van der Waals surface area (Å²) in [5.41, 5.74) is 2.05. The molecule has 0 radical (unpaired) electrons. The first-order chi connectivity index (χ1) is 10.4. The molecule has 0 N–H and O–H groups in total.